The van der Waals surface area contributed by atoms with Crippen LogP contribution in [0.15, 0.2) is 0 Å². The Morgan fingerprint density at radius 2 is 1.06 bits per heavy atom. The van der Waals surface area contributed by atoms with Crippen molar-refractivity contribution >= 4 is 11.9 Å². The second kappa shape index (κ2) is 22.1. The maximum Gasteiger partial charge on any atom is 0.306 e. The Morgan fingerprint density at radius 1 is 0.613 bits per heavy atom. The summed E-state index contributed by atoms with van der Waals surface area (Å²) in [5, 5.41) is 0. The SMILES string of the molecule is CCCCCCCCCCCCCCCOC(=O)CCCCC(=O)OC(CC)C(C)C. The van der Waals surface area contributed by atoms with E-state index in [9.17, 15) is 9.59 Å². The molecule has 0 aromatic rings. The van der Waals surface area contributed by atoms with Gasteiger partial charge >= 0.3 is 11.9 Å². The zero-order chi connectivity index (χ0) is 23.2. The third-order valence-electron chi connectivity index (χ3n) is 5.95. The molecule has 0 aliphatic carbocycles. The first-order valence-electron chi connectivity index (χ1n) is 13.4. The van der Waals surface area contributed by atoms with Crippen LogP contribution in [0, 0.1) is 5.92 Å². The number of hydrogen-bond acceptors (Lipinski definition) is 4. The van der Waals surface area contributed by atoms with Gasteiger partial charge in [-0.2, -0.15) is 0 Å². The van der Waals surface area contributed by atoms with E-state index in [4.69, 9.17) is 9.47 Å². The summed E-state index contributed by atoms with van der Waals surface area (Å²) in [7, 11) is 0. The molecule has 0 spiro atoms. The minimum absolute atomic E-state index is 0.00205. The van der Waals surface area contributed by atoms with Gasteiger partial charge in [0.1, 0.15) is 6.10 Å². The van der Waals surface area contributed by atoms with E-state index in [1.807, 2.05) is 6.92 Å². The highest BCUT2D eigenvalue weighted by Gasteiger charge is 2.16. The van der Waals surface area contributed by atoms with Crippen LogP contribution in [0.3, 0.4) is 0 Å². The van der Waals surface area contributed by atoms with Crippen LogP contribution in [0.4, 0.5) is 0 Å². The van der Waals surface area contributed by atoms with Gasteiger partial charge in [-0.3, -0.25) is 9.59 Å². The fourth-order valence-electron chi connectivity index (χ4n) is 3.84. The van der Waals surface area contributed by atoms with E-state index < -0.39 is 0 Å². The fraction of sp³-hybridized carbons (Fsp3) is 0.926. The average Bonchev–Trinajstić information content (AvgIpc) is 2.75. The van der Waals surface area contributed by atoms with Crippen LogP contribution in [0.25, 0.3) is 0 Å². The zero-order valence-electron chi connectivity index (χ0n) is 21.2. The lowest BCUT2D eigenvalue weighted by Crippen LogP contribution is -2.22. The van der Waals surface area contributed by atoms with E-state index >= 15 is 0 Å². The maximum absolute atomic E-state index is 11.8. The summed E-state index contributed by atoms with van der Waals surface area (Å²) < 4.78 is 10.8. The lowest BCUT2D eigenvalue weighted by atomic mass is 10.0. The van der Waals surface area contributed by atoms with Crippen LogP contribution < -0.4 is 0 Å². The predicted molar refractivity (Wildman–Crippen MR) is 130 cm³/mol. The fourth-order valence-corrected chi connectivity index (χ4v) is 3.84. The van der Waals surface area contributed by atoms with E-state index in [1.54, 1.807) is 0 Å². The van der Waals surface area contributed by atoms with Gasteiger partial charge in [-0.05, 0) is 31.6 Å². The van der Waals surface area contributed by atoms with Gasteiger partial charge in [0.15, 0.2) is 0 Å². The normalized spacial score (nSPS) is 12.2. The molecular weight excluding hydrogens is 388 g/mol. The Bertz CT molecular complexity index is 419. The number of ether oxygens (including phenoxy) is 2. The number of hydrogen-bond donors (Lipinski definition) is 0. The standard InChI is InChI=1S/C27H52O4/c1-5-7-8-9-10-11-12-13-14-15-16-17-20-23-30-26(28)21-18-19-22-27(29)31-25(6-2)24(3)4/h24-25H,5-23H2,1-4H3. The van der Waals surface area contributed by atoms with Gasteiger partial charge in [-0.1, -0.05) is 105 Å². The average molecular weight is 441 g/mol. The van der Waals surface area contributed by atoms with Crippen molar-refractivity contribution in [1.29, 1.82) is 0 Å². The molecule has 0 N–H and O–H groups in total. The molecule has 0 amide bonds. The number of carbonyl (C=O) groups is 2. The maximum atomic E-state index is 11.8. The third kappa shape index (κ3) is 20.6. The molecule has 0 aliphatic rings. The highest BCUT2D eigenvalue weighted by Crippen LogP contribution is 2.14. The van der Waals surface area contributed by atoms with E-state index in [0.29, 0.717) is 38.2 Å². The highest BCUT2D eigenvalue weighted by atomic mass is 16.5. The number of carbonyl (C=O) groups excluding carboxylic acids is 2. The van der Waals surface area contributed by atoms with Crippen molar-refractivity contribution in [2.24, 2.45) is 5.92 Å². The minimum Gasteiger partial charge on any atom is -0.466 e. The van der Waals surface area contributed by atoms with Crippen LogP contribution in [0.5, 0.6) is 0 Å². The summed E-state index contributed by atoms with van der Waals surface area (Å²) in [5.74, 6) is 0.0517. The molecule has 184 valence electrons. The number of rotatable bonds is 22. The van der Waals surface area contributed by atoms with Gasteiger partial charge < -0.3 is 9.47 Å². The summed E-state index contributed by atoms with van der Waals surface area (Å²) in [6.45, 7) is 8.96. The van der Waals surface area contributed by atoms with Crippen molar-refractivity contribution in [2.75, 3.05) is 6.61 Å². The van der Waals surface area contributed by atoms with Crippen LogP contribution in [0.1, 0.15) is 143 Å². The van der Waals surface area contributed by atoms with Crippen LogP contribution >= 0.6 is 0 Å². The topological polar surface area (TPSA) is 52.6 Å². The van der Waals surface area contributed by atoms with Gasteiger partial charge in [-0.15, -0.1) is 0 Å². The molecule has 0 bridgehead atoms. The molecule has 0 heterocycles. The molecule has 4 nitrogen and oxygen atoms in total. The van der Waals surface area contributed by atoms with Gasteiger partial charge in [0.2, 0.25) is 0 Å². The lowest BCUT2D eigenvalue weighted by Gasteiger charge is -2.19. The molecule has 0 aliphatic heterocycles. The molecule has 0 saturated heterocycles. The summed E-state index contributed by atoms with van der Waals surface area (Å²) in [5.41, 5.74) is 0. The molecule has 4 heteroatoms. The summed E-state index contributed by atoms with van der Waals surface area (Å²) >= 11 is 0. The molecule has 0 aromatic carbocycles. The molecule has 0 fully saturated rings. The molecule has 31 heavy (non-hydrogen) atoms. The van der Waals surface area contributed by atoms with E-state index in [0.717, 1.165) is 19.3 Å². The molecule has 0 rings (SSSR count). The van der Waals surface area contributed by atoms with Crippen molar-refractivity contribution in [3.05, 3.63) is 0 Å². The Kier molecular flexibility index (Phi) is 21.4. The molecular formula is C27H52O4. The number of esters is 2. The molecule has 0 aromatic heterocycles. The summed E-state index contributed by atoms with van der Waals surface area (Å²) in [4.78, 5) is 23.6. The first kappa shape index (κ1) is 29.9. The molecule has 0 saturated carbocycles. The first-order chi connectivity index (χ1) is 15.0. The molecule has 1 unspecified atom stereocenters. The first-order valence-corrected chi connectivity index (χ1v) is 13.4. The van der Waals surface area contributed by atoms with E-state index in [2.05, 4.69) is 20.8 Å². The number of unbranched alkanes of at least 4 members (excludes halogenated alkanes) is 13. The third-order valence-corrected chi connectivity index (χ3v) is 5.95. The van der Waals surface area contributed by atoms with Gasteiger partial charge in [0.05, 0.1) is 6.61 Å². The van der Waals surface area contributed by atoms with Crippen molar-refractivity contribution in [2.45, 2.75) is 149 Å². The Morgan fingerprint density at radius 3 is 1.52 bits per heavy atom. The smallest absolute Gasteiger partial charge is 0.306 e. The van der Waals surface area contributed by atoms with Crippen molar-refractivity contribution < 1.29 is 19.1 Å². The summed E-state index contributed by atoms with van der Waals surface area (Å²) in [6, 6.07) is 0. The zero-order valence-corrected chi connectivity index (χ0v) is 21.2. The van der Waals surface area contributed by atoms with Crippen molar-refractivity contribution in [1.82, 2.24) is 0 Å². The Hall–Kier alpha value is -1.06. The van der Waals surface area contributed by atoms with Crippen LogP contribution in [-0.2, 0) is 19.1 Å². The monoisotopic (exact) mass is 440 g/mol. The molecule has 0 radical (unpaired) electrons. The minimum atomic E-state index is -0.152. The lowest BCUT2D eigenvalue weighted by molar-refractivity contribution is -0.152. The van der Waals surface area contributed by atoms with Crippen LogP contribution in [0.2, 0.25) is 0 Å². The Labute approximate surface area is 193 Å². The highest BCUT2D eigenvalue weighted by molar-refractivity contribution is 5.70. The molecule has 1 atom stereocenters. The quantitative estimate of drug-likeness (QED) is 0.126. The summed E-state index contributed by atoms with van der Waals surface area (Å²) in [6.07, 6.45) is 20.1. The van der Waals surface area contributed by atoms with Gasteiger partial charge in [0, 0.05) is 12.8 Å². The second-order valence-corrected chi connectivity index (χ2v) is 9.35. The second-order valence-electron chi connectivity index (χ2n) is 9.35. The predicted octanol–water partition coefficient (Wildman–Crippen LogP) is 8.16. The van der Waals surface area contributed by atoms with E-state index in [-0.39, 0.29) is 18.0 Å². The largest absolute Gasteiger partial charge is 0.466 e. The van der Waals surface area contributed by atoms with Crippen molar-refractivity contribution in [3.8, 4) is 0 Å². The van der Waals surface area contributed by atoms with Crippen LogP contribution in [-0.4, -0.2) is 24.6 Å². The van der Waals surface area contributed by atoms with Gasteiger partial charge in [-0.25, -0.2) is 0 Å². The Balaban J connectivity index is 3.37. The van der Waals surface area contributed by atoms with Crippen molar-refractivity contribution in [3.63, 3.8) is 0 Å². The van der Waals surface area contributed by atoms with E-state index in [1.165, 1.54) is 70.6 Å². The van der Waals surface area contributed by atoms with Gasteiger partial charge in [0.25, 0.3) is 0 Å².